The lowest BCUT2D eigenvalue weighted by Gasteiger charge is -2.35. The number of piperazine rings is 1. The molecule has 1 unspecified atom stereocenters. The monoisotopic (exact) mass is 529 g/mol. The fourth-order valence-corrected chi connectivity index (χ4v) is 6.73. The number of hydrazine groups is 1. The van der Waals surface area contributed by atoms with Crippen LogP contribution in [0.15, 0.2) is 46.3 Å². The highest BCUT2D eigenvalue weighted by atomic mass is 35.5. The number of alkyl halides is 3. The van der Waals surface area contributed by atoms with Crippen molar-refractivity contribution in [2.75, 3.05) is 19.6 Å². The van der Waals surface area contributed by atoms with Gasteiger partial charge in [0.1, 0.15) is 0 Å². The molecule has 1 spiro atoms. The van der Waals surface area contributed by atoms with Crippen LogP contribution in [0.3, 0.4) is 0 Å². The van der Waals surface area contributed by atoms with E-state index < -0.39 is 33.1 Å². The van der Waals surface area contributed by atoms with Gasteiger partial charge in [0.15, 0.2) is 0 Å². The van der Waals surface area contributed by atoms with Crippen molar-refractivity contribution >= 4 is 27.6 Å². The molecule has 1 saturated heterocycles. The van der Waals surface area contributed by atoms with Gasteiger partial charge < -0.3 is 11.1 Å². The molecular weight excluding hydrogens is 507 g/mol. The third-order valence-electron chi connectivity index (χ3n) is 6.55. The Morgan fingerprint density at radius 2 is 1.83 bits per heavy atom. The minimum atomic E-state index is -4.78. The molecule has 0 aromatic heterocycles. The summed E-state index contributed by atoms with van der Waals surface area (Å²) in [6.07, 6.45) is -3.23. The van der Waals surface area contributed by atoms with Crippen LogP contribution in [0.25, 0.3) is 11.1 Å². The minimum Gasteiger partial charge on any atom is -0.369 e. The first-order chi connectivity index (χ1) is 16.4. The molecule has 0 radical (unpaired) electrons. The van der Waals surface area contributed by atoms with Gasteiger partial charge in [-0.05, 0) is 42.7 Å². The molecule has 2 aromatic rings. The second-order valence-electron chi connectivity index (χ2n) is 8.89. The summed E-state index contributed by atoms with van der Waals surface area (Å²) in [5.41, 5.74) is 14.9. The second kappa shape index (κ2) is 8.05. The zero-order valence-corrected chi connectivity index (χ0v) is 19.9. The summed E-state index contributed by atoms with van der Waals surface area (Å²) in [5.74, 6) is -1.83. The van der Waals surface area contributed by atoms with Crippen LogP contribution in [-0.4, -0.2) is 43.9 Å². The van der Waals surface area contributed by atoms with Crippen molar-refractivity contribution in [2.45, 2.75) is 35.2 Å². The quantitative estimate of drug-likeness (QED) is 0.406. The number of sulfonamides is 1. The summed E-state index contributed by atoms with van der Waals surface area (Å²) in [4.78, 5) is 3.92. The molecule has 2 fully saturated rings. The molecule has 1 aliphatic carbocycles. The average Bonchev–Trinajstić information content (AvgIpc) is 3.46. The Balaban J connectivity index is 1.54. The molecule has 5 rings (SSSR count). The minimum absolute atomic E-state index is 0.0164. The fraction of sp³-hybridized carbons (Fsp3) is 0.381. The van der Waals surface area contributed by atoms with Crippen LogP contribution < -0.4 is 27.6 Å². The van der Waals surface area contributed by atoms with Gasteiger partial charge in [-0.15, -0.1) is 0 Å². The molecule has 14 heteroatoms. The first-order valence-electron chi connectivity index (χ1n) is 10.8. The summed E-state index contributed by atoms with van der Waals surface area (Å²) in [5, 5.41) is 2.99. The van der Waals surface area contributed by atoms with Gasteiger partial charge in [-0.25, -0.2) is 13.4 Å². The molecule has 3 aliphatic rings. The number of nitrogens with two attached hydrogens (primary N) is 2. The number of rotatable bonds is 4. The van der Waals surface area contributed by atoms with E-state index in [1.54, 1.807) is 0 Å². The molecule has 9 nitrogen and oxygen atoms in total. The van der Waals surface area contributed by atoms with Gasteiger partial charge in [-0.3, -0.25) is 11.2 Å². The first-order valence-corrected chi connectivity index (χ1v) is 12.6. The largest absolute Gasteiger partial charge is 0.417 e. The van der Waals surface area contributed by atoms with Crippen molar-refractivity contribution in [2.24, 2.45) is 16.5 Å². The number of halogens is 4. The van der Waals surface area contributed by atoms with E-state index in [9.17, 15) is 21.6 Å². The number of aliphatic imine (C=N–C) groups is 1. The Hall–Kier alpha value is -2.42. The molecule has 2 heterocycles. The van der Waals surface area contributed by atoms with Crippen molar-refractivity contribution in [3.05, 3.63) is 52.5 Å². The van der Waals surface area contributed by atoms with Gasteiger partial charge in [0.05, 0.1) is 10.5 Å². The molecule has 2 aromatic carbocycles. The Morgan fingerprint density at radius 3 is 2.40 bits per heavy atom. The van der Waals surface area contributed by atoms with Crippen molar-refractivity contribution in [3.8, 4) is 11.1 Å². The van der Waals surface area contributed by atoms with Gasteiger partial charge >= 0.3 is 6.18 Å². The number of hydrogen-bond acceptors (Lipinski definition) is 8. The Labute approximate surface area is 204 Å². The van der Waals surface area contributed by atoms with Gasteiger partial charge in [0.25, 0.3) is 0 Å². The highest BCUT2D eigenvalue weighted by molar-refractivity contribution is 7.89. The van der Waals surface area contributed by atoms with Crippen LogP contribution >= 0.6 is 11.6 Å². The van der Waals surface area contributed by atoms with E-state index in [0.29, 0.717) is 19.6 Å². The fourth-order valence-electron chi connectivity index (χ4n) is 4.58. The van der Waals surface area contributed by atoms with Crippen LogP contribution in [0.5, 0.6) is 0 Å². The predicted octanol–water partition coefficient (Wildman–Crippen LogP) is 1.64. The van der Waals surface area contributed by atoms with Crippen molar-refractivity contribution in [1.29, 1.82) is 0 Å². The number of nitrogens with zero attached hydrogens (tertiary/aromatic N) is 2. The van der Waals surface area contributed by atoms with Gasteiger partial charge in [0, 0.05) is 41.3 Å². The maximum absolute atomic E-state index is 14.1. The third-order valence-corrected chi connectivity index (χ3v) is 8.86. The molecule has 1 atom stereocenters. The second-order valence-corrected chi connectivity index (χ2v) is 11.2. The van der Waals surface area contributed by atoms with Gasteiger partial charge in [0.2, 0.25) is 21.8 Å². The lowest BCUT2D eigenvalue weighted by molar-refractivity contribution is -0.137. The molecular formula is C21H23ClF3N7O2S. The molecule has 1 saturated carbocycles. The van der Waals surface area contributed by atoms with Crippen LogP contribution in [-0.2, 0) is 22.0 Å². The molecule has 0 amide bonds. The van der Waals surface area contributed by atoms with Crippen LogP contribution in [0, 0.1) is 0 Å². The summed E-state index contributed by atoms with van der Waals surface area (Å²) >= 11 is 6.33. The van der Waals surface area contributed by atoms with Gasteiger partial charge in [-0.1, -0.05) is 23.7 Å². The van der Waals surface area contributed by atoms with Crippen molar-refractivity contribution in [3.63, 3.8) is 0 Å². The summed E-state index contributed by atoms with van der Waals surface area (Å²) in [6.45, 7) is 1.47. The SMILES string of the molecule is NC1=NC(N)(c2cc(Cl)c(-c3ccc(S(=O)(=O)N4CCNCC45CC5)cc3)c(C(F)(F)F)c2)NN1. The van der Waals surface area contributed by atoms with Crippen LogP contribution in [0.1, 0.15) is 24.0 Å². The third kappa shape index (κ3) is 4.15. The van der Waals surface area contributed by atoms with Crippen molar-refractivity contribution in [1.82, 2.24) is 20.5 Å². The van der Waals surface area contributed by atoms with E-state index in [2.05, 4.69) is 21.2 Å². The lowest BCUT2D eigenvalue weighted by atomic mass is 9.95. The van der Waals surface area contributed by atoms with E-state index in [1.807, 2.05) is 0 Å². The van der Waals surface area contributed by atoms with E-state index >= 15 is 0 Å². The summed E-state index contributed by atoms with van der Waals surface area (Å²) in [6, 6.07) is 7.39. The average molecular weight is 530 g/mol. The standard InChI is InChI=1S/C21H23ClF3N7O2S/c22-16-10-13(21(27)29-18(26)30-31-21)9-15(20(23,24)25)17(16)12-1-3-14(4-2-12)35(33,34)32-8-7-28-11-19(32)5-6-19/h1-4,9-10,28,31H,5-8,11,27H2,(H3,26,29,30). The molecule has 35 heavy (non-hydrogen) atoms. The van der Waals surface area contributed by atoms with Gasteiger partial charge in [-0.2, -0.15) is 22.9 Å². The number of hydrogen-bond donors (Lipinski definition) is 5. The lowest BCUT2D eigenvalue weighted by Crippen LogP contribution is -2.55. The van der Waals surface area contributed by atoms with Crippen LogP contribution in [0.4, 0.5) is 13.2 Å². The Bertz CT molecular complexity index is 1310. The Kier molecular flexibility index (Phi) is 5.58. The summed E-state index contributed by atoms with van der Waals surface area (Å²) in [7, 11) is -3.81. The molecule has 0 bridgehead atoms. The first kappa shape index (κ1) is 24.3. The maximum atomic E-state index is 14.1. The molecule has 2 aliphatic heterocycles. The topological polar surface area (TPSA) is 138 Å². The zero-order chi connectivity index (χ0) is 25.2. The van der Waals surface area contributed by atoms with E-state index in [4.69, 9.17) is 23.1 Å². The molecule has 188 valence electrons. The maximum Gasteiger partial charge on any atom is 0.417 e. The van der Waals surface area contributed by atoms with Crippen LogP contribution in [0.2, 0.25) is 5.02 Å². The van der Waals surface area contributed by atoms with E-state index in [0.717, 1.165) is 18.9 Å². The molecule has 7 N–H and O–H groups in total. The number of benzene rings is 2. The Morgan fingerprint density at radius 1 is 1.14 bits per heavy atom. The normalized spacial score (nSPS) is 24.3. The van der Waals surface area contributed by atoms with E-state index in [-0.39, 0.29) is 32.6 Å². The smallest absolute Gasteiger partial charge is 0.369 e. The number of nitrogens with one attached hydrogen (secondary N) is 3. The zero-order valence-electron chi connectivity index (χ0n) is 18.3. The summed E-state index contributed by atoms with van der Waals surface area (Å²) < 4.78 is 70.3. The van der Waals surface area contributed by atoms with Crippen molar-refractivity contribution < 1.29 is 21.6 Å². The number of guanidine groups is 1. The van der Waals surface area contributed by atoms with E-state index in [1.165, 1.54) is 34.6 Å². The highest BCUT2D eigenvalue weighted by Crippen LogP contribution is 2.46. The highest BCUT2D eigenvalue weighted by Gasteiger charge is 2.54. The predicted molar refractivity (Wildman–Crippen MR) is 124 cm³/mol.